The van der Waals surface area contributed by atoms with Crippen molar-refractivity contribution >= 4 is 15.9 Å². The van der Waals surface area contributed by atoms with Crippen LogP contribution < -0.4 is 14.8 Å². The maximum absolute atomic E-state index is 12.0. The number of hydrogen-bond donors (Lipinski definition) is 1. The van der Waals surface area contributed by atoms with Crippen molar-refractivity contribution in [1.29, 1.82) is 0 Å². The van der Waals surface area contributed by atoms with Gasteiger partial charge in [0.25, 0.3) is 5.91 Å². The Morgan fingerprint density at radius 2 is 1.47 bits per heavy atom. The van der Waals surface area contributed by atoms with Crippen molar-refractivity contribution in [2.75, 3.05) is 33.9 Å². The van der Waals surface area contributed by atoms with Crippen LogP contribution >= 0.6 is 0 Å². The second-order valence-electron chi connectivity index (χ2n) is 8.02. The van der Waals surface area contributed by atoms with Gasteiger partial charge in [-0.2, -0.15) is 0 Å². The fraction of sp³-hybridized carbons (Fsp3) is 0.409. The summed E-state index contributed by atoms with van der Waals surface area (Å²) in [5.41, 5.74) is 1.26. The van der Waals surface area contributed by atoms with Crippen LogP contribution in [0.5, 0.6) is 11.5 Å². The van der Waals surface area contributed by atoms with E-state index in [9.17, 15) is 13.2 Å². The van der Waals surface area contributed by atoms with Crippen molar-refractivity contribution in [1.82, 2.24) is 9.62 Å². The molecule has 1 N–H and O–H groups in total. The molecule has 1 amide bonds. The number of carbonyl (C=O) groups is 1. The molecule has 8 heteroatoms. The molecule has 0 unspecified atom stereocenters. The molecule has 0 fully saturated rings. The molecule has 0 spiro atoms. The lowest BCUT2D eigenvalue weighted by molar-refractivity contribution is -0.123. The lowest BCUT2D eigenvalue weighted by Gasteiger charge is -2.19. The van der Waals surface area contributed by atoms with Crippen molar-refractivity contribution in [3.8, 4) is 11.5 Å². The molecule has 2 aromatic carbocycles. The van der Waals surface area contributed by atoms with E-state index in [1.807, 2.05) is 24.3 Å². The zero-order valence-electron chi connectivity index (χ0n) is 18.1. The van der Waals surface area contributed by atoms with Crippen molar-refractivity contribution in [3.63, 3.8) is 0 Å². The summed E-state index contributed by atoms with van der Waals surface area (Å²) in [7, 11) is -0.504. The fourth-order valence-electron chi connectivity index (χ4n) is 2.53. The van der Waals surface area contributed by atoms with Crippen LogP contribution in [-0.2, 0) is 20.2 Å². The summed E-state index contributed by atoms with van der Waals surface area (Å²) in [6, 6.07) is 13.9. The van der Waals surface area contributed by atoms with E-state index in [1.165, 1.54) is 31.8 Å². The zero-order valence-corrected chi connectivity index (χ0v) is 19.0. The molecule has 0 saturated heterocycles. The normalized spacial score (nSPS) is 11.9. The Labute approximate surface area is 179 Å². The largest absolute Gasteiger partial charge is 0.492 e. The maximum Gasteiger partial charge on any atom is 0.258 e. The molecule has 0 aliphatic carbocycles. The zero-order chi connectivity index (χ0) is 22.4. The minimum Gasteiger partial charge on any atom is -0.492 e. The smallest absolute Gasteiger partial charge is 0.258 e. The van der Waals surface area contributed by atoms with E-state index in [4.69, 9.17) is 9.47 Å². The molecule has 0 aromatic heterocycles. The van der Waals surface area contributed by atoms with Gasteiger partial charge in [-0.1, -0.05) is 32.9 Å². The van der Waals surface area contributed by atoms with Gasteiger partial charge in [-0.05, 0) is 47.4 Å². The highest BCUT2D eigenvalue weighted by Gasteiger charge is 2.16. The van der Waals surface area contributed by atoms with Crippen LogP contribution in [-0.4, -0.2) is 52.5 Å². The molecule has 30 heavy (non-hydrogen) atoms. The van der Waals surface area contributed by atoms with Gasteiger partial charge in [-0.15, -0.1) is 0 Å². The summed E-state index contributed by atoms with van der Waals surface area (Å²) in [5, 5.41) is 2.72. The monoisotopic (exact) mass is 434 g/mol. The molecular weight excluding hydrogens is 404 g/mol. The Hall–Kier alpha value is -2.58. The van der Waals surface area contributed by atoms with Crippen LogP contribution in [0.3, 0.4) is 0 Å². The molecule has 0 aliphatic rings. The molecule has 2 aromatic rings. The predicted molar refractivity (Wildman–Crippen MR) is 116 cm³/mol. The first-order chi connectivity index (χ1) is 14.0. The van der Waals surface area contributed by atoms with Gasteiger partial charge in [-0.3, -0.25) is 4.79 Å². The Morgan fingerprint density at radius 3 is 2.00 bits per heavy atom. The van der Waals surface area contributed by atoms with E-state index >= 15 is 0 Å². The predicted octanol–water partition coefficient (Wildman–Crippen LogP) is 2.81. The van der Waals surface area contributed by atoms with Crippen molar-refractivity contribution < 1.29 is 22.7 Å². The van der Waals surface area contributed by atoms with Gasteiger partial charge in [-0.25, -0.2) is 12.7 Å². The summed E-state index contributed by atoms with van der Waals surface area (Å²) in [4.78, 5) is 12.1. The average Bonchev–Trinajstić information content (AvgIpc) is 2.69. The van der Waals surface area contributed by atoms with Crippen molar-refractivity contribution in [3.05, 3.63) is 54.1 Å². The van der Waals surface area contributed by atoms with Crippen molar-refractivity contribution in [2.24, 2.45) is 0 Å². The number of rotatable bonds is 9. The number of nitrogens with zero attached hydrogens (tertiary/aromatic N) is 1. The number of hydrogen-bond acceptors (Lipinski definition) is 5. The van der Waals surface area contributed by atoms with E-state index < -0.39 is 10.0 Å². The van der Waals surface area contributed by atoms with Gasteiger partial charge in [0.1, 0.15) is 18.1 Å². The van der Waals surface area contributed by atoms with Crippen LogP contribution in [0.4, 0.5) is 0 Å². The third kappa shape index (κ3) is 6.74. The average molecular weight is 435 g/mol. The van der Waals surface area contributed by atoms with E-state index in [1.54, 1.807) is 12.1 Å². The SMILES string of the molecule is CN(C)S(=O)(=O)c1ccc(OCCNC(=O)COc2ccc(C(C)(C)C)cc2)cc1. The minimum absolute atomic E-state index is 0.0663. The first-order valence-corrected chi connectivity index (χ1v) is 11.1. The highest BCUT2D eigenvalue weighted by molar-refractivity contribution is 7.89. The van der Waals surface area contributed by atoms with E-state index in [0.717, 1.165) is 4.31 Å². The summed E-state index contributed by atoms with van der Waals surface area (Å²) in [6.07, 6.45) is 0. The third-order valence-corrected chi connectivity index (χ3v) is 6.21. The lowest BCUT2D eigenvalue weighted by Crippen LogP contribution is -2.32. The minimum atomic E-state index is -3.46. The van der Waals surface area contributed by atoms with Crippen molar-refractivity contribution in [2.45, 2.75) is 31.1 Å². The highest BCUT2D eigenvalue weighted by atomic mass is 32.2. The van der Waals surface area contributed by atoms with Crippen LogP contribution in [0.2, 0.25) is 0 Å². The Bertz CT molecular complexity index is 931. The van der Waals surface area contributed by atoms with Gasteiger partial charge in [0.05, 0.1) is 11.4 Å². The Morgan fingerprint density at radius 1 is 0.933 bits per heavy atom. The summed E-state index contributed by atoms with van der Waals surface area (Å²) < 4.78 is 36.2. The second kappa shape index (κ2) is 9.95. The number of amides is 1. The topological polar surface area (TPSA) is 84.9 Å². The van der Waals surface area contributed by atoms with Gasteiger partial charge in [0, 0.05) is 14.1 Å². The molecular formula is C22H30N2O5S. The van der Waals surface area contributed by atoms with Crippen LogP contribution in [0, 0.1) is 0 Å². The number of ether oxygens (including phenoxy) is 2. The summed E-state index contributed by atoms with van der Waals surface area (Å²) in [5.74, 6) is 0.922. The highest BCUT2D eigenvalue weighted by Crippen LogP contribution is 2.24. The summed E-state index contributed by atoms with van der Waals surface area (Å²) in [6.45, 7) is 6.90. The number of sulfonamides is 1. The van der Waals surface area contributed by atoms with Crippen LogP contribution in [0.1, 0.15) is 26.3 Å². The van der Waals surface area contributed by atoms with E-state index in [0.29, 0.717) is 18.0 Å². The fourth-order valence-corrected chi connectivity index (χ4v) is 3.43. The summed E-state index contributed by atoms with van der Waals surface area (Å²) >= 11 is 0. The third-order valence-electron chi connectivity index (χ3n) is 4.39. The Balaban J connectivity index is 1.71. The van der Waals surface area contributed by atoms with E-state index in [2.05, 4.69) is 26.1 Å². The molecule has 0 radical (unpaired) electrons. The second-order valence-corrected chi connectivity index (χ2v) is 10.2. The Kier molecular flexibility index (Phi) is 7.86. The van der Waals surface area contributed by atoms with Gasteiger partial charge >= 0.3 is 0 Å². The molecule has 0 atom stereocenters. The first kappa shape index (κ1) is 23.7. The number of benzene rings is 2. The molecule has 7 nitrogen and oxygen atoms in total. The molecule has 0 saturated carbocycles. The van der Waals surface area contributed by atoms with E-state index in [-0.39, 0.29) is 29.4 Å². The van der Waals surface area contributed by atoms with Gasteiger partial charge in [0.2, 0.25) is 10.0 Å². The maximum atomic E-state index is 12.0. The van der Waals surface area contributed by atoms with Gasteiger partial charge in [0.15, 0.2) is 6.61 Å². The quantitative estimate of drug-likeness (QED) is 0.614. The molecule has 0 aliphatic heterocycles. The molecule has 164 valence electrons. The number of carbonyl (C=O) groups excluding carboxylic acids is 1. The first-order valence-electron chi connectivity index (χ1n) is 9.65. The molecule has 0 heterocycles. The molecule has 2 rings (SSSR count). The molecule has 0 bridgehead atoms. The van der Waals surface area contributed by atoms with Gasteiger partial charge < -0.3 is 14.8 Å². The van der Waals surface area contributed by atoms with Crippen LogP contribution in [0.25, 0.3) is 0 Å². The lowest BCUT2D eigenvalue weighted by atomic mass is 9.87. The number of nitrogens with one attached hydrogen (secondary N) is 1. The van der Waals surface area contributed by atoms with Crippen LogP contribution in [0.15, 0.2) is 53.4 Å². The standard InChI is InChI=1S/C22H30N2O5S/c1-22(2,3)17-6-8-19(9-7-17)29-16-21(25)23-14-15-28-18-10-12-20(13-11-18)30(26,27)24(4)5/h6-13H,14-16H2,1-5H3,(H,23,25).